The normalized spacial score (nSPS) is 14.1. The smallest absolute Gasteiger partial charge is 0.0550 e. The van der Waals surface area contributed by atoms with Gasteiger partial charge in [0.2, 0.25) is 0 Å². The van der Waals surface area contributed by atoms with E-state index in [1.807, 2.05) is 0 Å². The average Bonchev–Trinajstić information content (AvgIpc) is 1.82. The monoisotopic (exact) mass is 162 g/mol. The van der Waals surface area contributed by atoms with Gasteiger partial charge in [0.05, 0.1) is 6.10 Å². The maximum absolute atomic E-state index is 9.34. The highest BCUT2D eigenvalue weighted by atomic mass is 32.2. The van der Waals surface area contributed by atoms with Gasteiger partial charge >= 0.3 is 0 Å². The molecule has 0 spiro atoms. The maximum atomic E-state index is 9.34. The molecule has 0 radical (unpaired) electrons. The molecule has 0 rings (SSSR count). The van der Waals surface area contributed by atoms with E-state index in [2.05, 4.69) is 20.1 Å². The molecule has 0 fully saturated rings. The van der Waals surface area contributed by atoms with Crippen LogP contribution in [0.5, 0.6) is 0 Å². The van der Waals surface area contributed by atoms with Gasteiger partial charge in [-0.05, 0) is 30.8 Å². The summed E-state index contributed by atoms with van der Waals surface area (Å²) in [5, 5.41) is 9.34. The number of aliphatic hydroxyl groups excluding tert-OH is 1. The highest BCUT2D eigenvalue weighted by molar-refractivity contribution is 7.98. The Morgan fingerprint density at radius 2 is 2.00 bits per heavy atom. The Labute approximate surface area is 68.2 Å². The molecule has 10 heavy (non-hydrogen) atoms. The maximum Gasteiger partial charge on any atom is 0.0550 e. The van der Waals surface area contributed by atoms with Crippen LogP contribution >= 0.6 is 11.8 Å². The minimum absolute atomic E-state index is 0.0764. The largest absolute Gasteiger partial charge is 0.393 e. The molecule has 0 aromatic rings. The zero-order valence-corrected chi connectivity index (χ0v) is 7.95. The van der Waals surface area contributed by atoms with Crippen molar-refractivity contribution in [1.82, 2.24) is 0 Å². The summed E-state index contributed by atoms with van der Waals surface area (Å²) in [5.41, 5.74) is 0. The Bertz CT molecular complexity index is 73.7. The minimum Gasteiger partial charge on any atom is -0.393 e. The van der Waals surface area contributed by atoms with Gasteiger partial charge in [-0.15, -0.1) is 0 Å². The van der Waals surface area contributed by atoms with E-state index < -0.39 is 0 Å². The summed E-state index contributed by atoms with van der Waals surface area (Å²) in [6.07, 6.45) is 3.88. The molecule has 1 N–H and O–H groups in total. The lowest BCUT2D eigenvalue weighted by Gasteiger charge is -2.11. The van der Waals surface area contributed by atoms with Crippen LogP contribution in [0.15, 0.2) is 0 Å². The standard InChI is InChI=1S/C8H18OS/c1-7(2)6-8(9)4-5-10-3/h7-9H,4-6H2,1-3H3. The molecule has 1 unspecified atom stereocenters. The van der Waals surface area contributed by atoms with E-state index in [1.165, 1.54) is 0 Å². The third kappa shape index (κ3) is 6.43. The Hall–Kier alpha value is 0.310. The van der Waals surface area contributed by atoms with E-state index in [1.54, 1.807) is 11.8 Å². The van der Waals surface area contributed by atoms with Crippen molar-refractivity contribution in [3.05, 3.63) is 0 Å². The van der Waals surface area contributed by atoms with E-state index in [4.69, 9.17) is 0 Å². The zero-order valence-electron chi connectivity index (χ0n) is 7.13. The summed E-state index contributed by atoms with van der Waals surface area (Å²) in [7, 11) is 0. The van der Waals surface area contributed by atoms with Crippen molar-refractivity contribution in [2.45, 2.75) is 32.8 Å². The van der Waals surface area contributed by atoms with Crippen molar-refractivity contribution in [3.63, 3.8) is 0 Å². The van der Waals surface area contributed by atoms with Crippen molar-refractivity contribution in [2.24, 2.45) is 5.92 Å². The van der Waals surface area contributed by atoms with Gasteiger partial charge < -0.3 is 5.11 Å². The van der Waals surface area contributed by atoms with E-state index in [-0.39, 0.29) is 6.10 Å². The lowest BCUT2D eigenvalue weighted by Crippen LogP contribution is -2.10. The van der Waals surface area contributed by atoms with Gasteiger partial charge in [0.15, 0.2) is 0 Å². The topological polar surface area (TPSA) is 20.2 Å². The Morgan fingerprint density at radius 1 is 1.40 bits per heavy atom. The molecule has 0 bridgehead atoms. The highest BCUT2D eigenvalue weighted by Gasteiger charge is 2.04. The predicted octanol–water partition coefficient (Wildman–Crippen LogP) is 2.15. The molecule has 0 aliphatic carbocycles. The summed E-state index contributed by atoms with van der Waals surface area (Å²) in [5.74, 6) is 1.70. The Morgan fingerprint density at radius 3 is 2.40 bits per heavy atom. The summed E-state index contributed by atoms with van der Waals surface area (Å²) < 4.78 is 0. The van der Waals surface area contributed by atoms with Crippen molar-refractivity contribution in [1.29, 1.82) is 0 Å². The predicted molar refractivity (Wildman–Crippen MR) is 48.5 cm³/mol. The van der Waals surface area contributed by atoms with Crippen molar-refractivity contribution in [3.8, 4) is 0 Å². The van der Waals surface area contributed by atoms with Crippen LogP contribution in [-0.2, 0) is 0 Å². The fourth-order valence-electron chi connectivity index (χ4n) is 0.916. The van der Waals surface area contributed by atoms with Crippen LogP contribution < -0.4 is 0 Å². The SMILES string of the molecule is CSCCC(O)CC(C)C. The summed E-state index contributed by atoms with van der Waals surface area (Å²) in [6, 6.07) is 0. The number of thioether (sulfide) groups is 1. The number of hydrogen-bond acceptors (Lipinski definition) is 2. The molecule has 2 heteroatoms. The first-order valence-electron chi connectivity index (χ1n) is 3.83. The third-order valence-corrected chi connectivity index (χ3v) is 2.04. The first kappa shape index (κ1) is 10.3. The van der Waals surface area contributed by atoms with Crippen LogP contribution in [0.3, 0.4) is 0 Å². The number of rotatable bonds is 5. The van der Waals surface area contributed by atoms with Gasteiger partial charge in [-0.1, -0.05) is 13.8 Å². The van der Waals surface area contributed by atoms with E-state index in [0.717, 1.165) is 18.6 Å². The van der Waals surface area contributed by atoms with Gasteiger partial charge in [0, 0.05) is 0 Å². The molecule has 62 valence electrons. The molecule has 0 saturated carbocycles. The van der Waals surface area contributed by atoms with Gasteiger partial charge in [-0.3, -0.25) is 0 Å². The van der Waals surface area contributed by atoms with Crippen LogP contribution in [0.25, 0.3) is 0 Å². The van der Waals surface area contributed by atoms with Gasteiger partial charge in [-0.2, -0.15) is 11.8 Å². The lowest BCUT2D eigenvalue weighted by molar-refractivity contribution is 0.146. The molecule has 0 aliphatic heterocycles. The van der Waals surface area contributed by atoms with E-state index in [9.17, 15) is 5.11 Å². The van der Waals surface area contributed by atoms with E-state index in [0.29, 0.717) is 5.92 Å². The second-order valence-corrected chi connectivity index (χ2v) is 4.05. The summed E-state index contributed by atoms with van der Waals surface area (Å²) in [6.45, 7) is 4.28. The molecule has 0 heterocycles. The van der Waals surface area contributed by atoms with Crippen molar-refractivity contribution >= 4 is 11.8 Å². The second-order valence-electron chi connectivity index (χ2n) is 3.06. The molecule has 0 saturated heterocycles. The molecule has 0 aromatic carbocycles. The first-order chi connectivity index (χ1) is 4.66. The molecule has 1 atom stereocenters. The lowest BCUT2D eigenvalue weighted by atomic mass is 10.0. The molecule has 1 nitrogen and oxygen atoms in total. The molecular weight excluding hydrogens is 144 g/mol. The first-order valence-corrected chi connectivity index (χ1v) is 5.23. The molecule has 0 aliphatic rings. The van der Waals surface area contributed by atoms with Gasteiger partial charge in [-0.25, -0.2) is 0 Å². The van der Waals surface area contributed by atoms with Crippen LogP contribution in [-0.4, -0.2) is 23.2 Å². The molecular formula is C8H18OS. The number of aliphatic hydroxyl groups is 1. The summed E-state index contributed by atoms with van der Waals surface area (Å²) in [4.78, 5) is 0. The van der Waals surface area contributed by atoms with Crippen LogP contribution in [0.1, 0.15) is 26.7 Å². The highest BCUT2D eigenvalue weighted by Crippen LogP contribution is 2.09. The van der Waals surface area contributed by atoms with Gasteiger partial charge in [0.1, 0.15) is 0 Å². The minimum atomic E-state index is -0.0764. The van der Waals surface area contributed by atoms with Crippen LogP contribution in [0.2, 0.25) is 0 Å². The quantitative estimate of drug-likeness (QED) is 0.668. The third-order valence-electron chi connectivity index (χ3n) is 1.40. The Balaban J connectivity index is 3.16. The summed E-state index contributed by atoms with van der Waals surface area (Å²) >= 11 is 1.80. The van der Waals surface area contributed by atoms with Crippen LogP contribution in [0.4, 0.5) is 0 Å². The molecule has 0 aromatic heterocycles. The van der Waals surface area contributed by atoms with Crippen molar-refractivity contribution < 1.29 is 5.11 Å². The van der Waals surface area contributed by atoms with E-state index >= 15 is 0 Å². The fourth-order valence-corrected chi connectivity index (χ4v) is 1.42. The van der Waals surface area contributed by atoms with Crippen LogP contribution in [0, 0.1) is 5.92 Å². The number of hydrogen-bond donors (Lipinski definition) is 1. The average molecular weight is 162 g/mol. The second kappa shape index (κ2) is 6.05. The zero-order chi connectivity index (χ0) is 7.98. The van der Waals surface area contributed by atoms with Gasteiger partial charge in [0.25, 0.3) is 0 Å². The molecule has 0 amide bonds. The fraction of sp³-hybridized carbons (Fsp3) is 1.00. The van der Waals surface area contributed by atoms with Crippen molar-refractivity contribution in [2.75, 3.05) is 12.0 Å². The Kier molecular flexibility index (Phi) is 6.24.